The van der Waals surface area contributed by atoms with Gasteiger partial charge in [-0.25, -0.2) is 5.43 Å². The third kappa shape index (κ3) is 4.68. The number of pyridine rings is 1. The summed E-state index contributed by atoms with van der Waals surface area (Å²) in [4.78, 5) is 22.2. The second-order valence-electron chi connectivity index (χ2n) is 6.56. The molecule has 2 aromatic rings. The number of hydrazone groups is 1. The molecule has 0 aromatic carbocycles. The van der Waals surface area contributed by atoms with Gasteiger partial charge in [-0.2, -0.15) is 20.1 Å². The van der Waals surface area contributed by atoms with E-state index < -0.39 is 0 Å². The van der Waals surface area contributed by atoms with Crippen molar-refractivity contribution in [2.75, 3.05) is 54.6 Å². The van der Waals surface area contributed by atoms with E-state index in [2.05, 4.69) is 35.3 Å². The summed E-state index contributed by atoms with van der Waals surface area (Å²) in [5.74, 6) is 1.85. The second kappa shape index (κ2) is 8.72. The monoisotopic (exact) mass is 368 g/mol. The van der Waals surface area contributed by atoms with E-state index in [9.17, 15) is 0 Å². The van der Waals surface area contributed by atoms with Gasteiger partial charge in [-0.1, -0.05) is 0 Å². The first-order chi connectivity index (χ1) is 13.4. The van der Waals surface area contributed by atoms with E-state index in [0.717, 1.165) is 31.7 Å². The molecular formula is C18H24N8O. The first-order valence-electron chi connectivity index (χ1n) is 9.41. The molecule has 2 aliphatic heterocycles. The van der Waals surface area contributed by atoms with E-state index in [1.165, 1.54) is 19.3 Å². The van der Waals surface area contributed by atoms with Crippen LogP contribution in [0.3, 0.4) is 0 Å². The van der Waals surface area contributed by atoms with Crippen LogP contribution in [0.4, 0.5) is 17.8 Å². The highest BCUT2D eigenvalue weighted by Crippen LogP contribution is 2.20. The largest absolute Gasteiger partial charge is 0.378 e. The Balaban J connectivity index is 1.55. The summed E-state index contributed by atoms with van der Waals surface area (Å²) in [6.07, 6.45) is 8.79. The zero-order valence-corrected chi connectivity index (χ0v) is 15.3. The van der Waals surface area contributed by atoms with Crippen LogP contribution in [0.25, 0.3) is 0 Å². The Morgan fingerprint density at radius 2 is 1.56 bits per heavy atom. The molecule has 2 fully saturated rings. The fourth-order valence-electron chi connectivity index (χ4n) is 3.16. The molecule has 4 rings (SSSR count). The Labute approximate surface area is 158 Å². The Kier molecular flexibility index (Phi) is 5.68. The minimum atomic E-state index is 0.456. The predicted octanol–water partition coefficient (Wildman–Crippen LogP) is 1.54. The summed E-state index contributed by atoms with van der Waals surface area (Å²) in [5, 5.41) is 4.27. The van der Waals surface area contributed by atoms with Crippen molar-refractivity contribution in [1.29, 1.82) is 0 Å². The van der Waals surface area contributed by atoms with Gasteiger partial charge in [0.1, 0.15) is 0 Å². The number of hydrogen-bond acceptors (Lipinski definition) is 9. The van der Waals surface area contributed by atoms with Crippen molar-refractivity contribution >= 4 is 24.1 Å². The number of rotatable bonds is 5. The van der Waals surface area contributed by atoms with E-state index in [4.69, 9.17) is 9.72 Å². The molecule has 9 heteroatoms. The summed E-state index contributed by atoms with van der Waals surface area (Å²) >= 11 is 0. The Hall–Kier alpha value is -2.81. The van der Waals surface area contributed by atoms with E-state index in [-0.39, 0.29) is 0 Å². The van der Waals surface area contributed by atoms with Crippen molar-refractivity contribution in [1.82, 2.24) is 19.9 Å². The highest BCUT2D eigenvalue weighted by molar-refractivity contribution is 5.79. The molecule has 0 atom stereocenters. The Morgan fingerprint density at radius 1 is 0.889 bits per heavy atom. The minimum Gasteiger partial charge on any atom is -0.378 e. The van der Waals surface area contributed by atoms with Gasteiger partial charge < -0.3 is 14.5 Å². The van der Waals surface area contributed by atoms with Crippen molar-refractivity contribution in [3.8, 4) is 0 Å². The molecule has 0 aliphatic carbocycles. The van der Waals surface area contributed by atoms with Crippen molar-refractivity contribution in [2.45, 2.75) is 19.3 Å². The quantitative estimate of drug-likeness (QED) is 0.628. The van der Waals surface area contributed by atoms with Crippen molar-refractivity contribution in [2.24, 2.45) is 5.10 Å². The van der Waals surface area contributed by atoms with Gasteiger partial charge in [-0.15, -0.1) is 0 Å². The lowest BCUT2D eigenvalue weighted by atomic mass is 10.1. The summed E-state index contributed by atoms with van der Waals surface area (Å²) < 4.78 is 5.44. The average molecular weight is 368 g/mol. The molecule has 2 aliphatic rings. The number of nitrogens with zero attached hydrogens (tertiary/aromatic N) is 7. The number of aromatic nitrogens is 4. The Morgan fingerprint density at radius 3 is 2.26 bits per heavy atom. The van der Waals surface area contributed by atoms with Gasteiger partial charge in [0, 0.05) is 38.6 Å². The number of hydrogen-bond donors (Lipinski definition) is 1. The molecule has 0 saturated carbocycles. The van der Waals surface area contributed by atoms with Crippen LogP contribution in [0.1, 0.15) is 24.8 Å². The van der Waals surface area contributed by atoms with E-state index in [0.29, 0.717) is 31.1 Å². The van der Waals surface area contributed by atoms with Gasteiger partial charge >= 0.3 is 0 Å². The minimum absolute atomic E-state index is 0.456. The predicted molar refractivity (Wildman–Crippen MR) is 104 cm³/mol. The first kappa shape index (κ1) is 17.6. The van der Waals surface area contributed by atoms with Gasteiger partial charge in [0.25, 0.3) is 0 Å². The molecule has 9 nitrogen and oxygen atoms in total. The summed E-state index contributed by atoms with van der Waals surface area (Å²) in [7, 11) is 0. The number of piperidine rings is 1. The van der Waals surface area contributed by atoms with Gasteiger partial charge in [-0.05, 0) is 37.0 Å². The zero-order chi connectivity index (χ0) is 18.3. The van der Waals surface area contributed by atoms with Crippen LogP contribution in [-0.2, 0) is 4.74 Å². The normalized spacial score (nSPS) is 18.1. The fourth-order valence-corrected chi connectivity index (χ4v) is 3.16. The van der Waals surface area contributed by atoms with Crippen molar-refractivity contribution in [3.05, 3.63) is 30.1 Å². The van der Waals surface area contributed by atoms with E-state index >= 15 is 0 Å². The molecule has 142 valence electrons. The summed E-state index contributed by atoms with van der Waals surface area (Å²) in [6, 6.07) is 3.77. The van der Waals surface area contributed by atoms with Gasteiger partial charge in [0.2, 0.25) is 17.8 Å². The first-order valence-corrected chi connectivity index (χ1v) is 9.41. The second-order valence-corrected chi connectivity index (χ2v) is 6.56. The van der Waals surface area contributed by atoms with Gasteiger partial charge in [0.15, 0.2) is 0 Å². The highest BCUT2D eigenvalue weighted by Gasteiger charge is 2.20. The number of nitrogens with one attached hydrogen (secondary N) is 1. The van der Waals surface area contributed by atoms with Gasteiger partial charge in [0.05, 0.1) is 19.4 Å². The topological polar surface area (TPSA) is 91.7 Å². The third-order valence-corrected chi connectivity index (χ3v) is 4.63. The number of morpholine rings is 1. The van der Waals surface area contributed by atoms with Crippen LogP contribution >= 0.6 is 0 Å². The maximum Gasteiger partial charge on any atom is 0.250 e. The van der Waals surface area contributed by atoms with Crippen LogP contribution in [0.5, 0.6) is 0 Å². The van der Waals surface area contributed by atoms with Crippen LogP contribution in [0, 0.1) is 0 Å². The lowest BCUT2D eigenvalue weighted by Gasteiger charge is -2.30. The van der Waals surface area contributed by atoms with E-state index in [1.54, 1.807) is 18.6 Å². The van der Waals surface area contributed by atoms with Crippen LogP contribution < -0.4 is 15.2 Å². The highest BCUT2D eigenvalue weighted by atomic mass is 16.5. The lowest BCUT2D eigenvalue weighted by Crippen LogP contribution is -2.38. The molecule has 4 heterocycles. The zero-order valence-electron chi connectivity index (χ0n) is 15.3. The molecule has 0 radical (unpaired) electrons. The average Bonchev–Trinajstić information content (AvgIpc) is 2.76. The smallest absolute Gasteiger partial charge is 0.250 e. The summed E-state index contributed by atoms with van der Waals surface area (Å²) in [6.45, 7) is 4.90. The molecule has 0 amide bonds. The standard InChI is InChI=1S/C18H24N8O/c1-2-8-25(9-3-1)17-21-16(24-20-14-15-4-6-19-7-5-15)22-18(23-17)26-10-12-27-13-11-26/h4-7,14H,1-3,8-13H2,(H,21,22,23,24). The maximum absolute atomic E-state index is 5.44. The number of ether oxygens (including phenoxy) is 1. The molecule has 2 aromatic heterocycles. The van der Waals surface area contributed by atoms with Crippen LogP contribution in [0.2, 0.25) is 0 Å². The maximum atomic E-state index is 5.44. The van der Waals surface area contributed by atoms with Gasteiger partial charge in [-0.3, -0.25) is 4.98 Å². The summed E-state index contributed by atoms with van der Waals surface area (Å²) in [5.41, 5.74) is 3.91. The third-order valence-electron chi connectivity index (χ3n) is 4.63. The molecule has 2 saturated heterocycles. The Bertz CT molecular complexity index is 721. The molecule has 0 bridgehead atoms. The molecule has 27 heavy (non-hydrogen) atoms. The van der Waals surface area contributed by atoms with E-state index in [1.807, 2.05) is 12.1 Å². The van der Waals surface area contributed by atoms with Crippen molar-refractivity contribution < 1.29 is 4.74 Å². The molecule has 1 N–H and O–H groups in total. The molecule has 0 spiro atoms. The van der Waals surface area contributed by atoms with Crippen LogP contribution in [-0.4, -0.2) is 65.5 Å². The fraction of sp³-hybridized carbons (Fsp3) is 0.500. The molecular weight excluding hydrogens is 344 g/mol. The SMILES string of the molecule is C(=NNc1nc(N2CCCCC2)nc(N2CCOCC2)n1)c1ccncc1. The van der Waals surface area contributed by atoms with Crippen LogP contribution in [0.15, 0.2) is 29.6 Å². The van der Waals surface area contributed by atoms with Crippen molar-refractivity contribution in [3.63, 3.8) is 0 Å². The number of anilines is 3. The lowest BCUT2D eigenvalue weighted by molar-refractivity contribution is 0.122. The molecule has 0 unspecified atom stereocenters.